The Bertz CT molecular complexity index is 778. The molecule has 130 valence electrons. The number of anilines is 2. The second-order valence-corrected chi connectivity index (χ2v) is 7.06. The maximum Gasteiger partial charge on any atom is 0.227 e. The summed E-state index contributed by atoms with van der Waals surface area (Å²) in [4.78, 5) is 24.4. The molecule has 2 amide bonds. The smallest absolute Gasteiger partial charge is 0.227 e. The number of carbonyl (C=O) groups excluding carboxylic acids is 2. The molecule has 0 aliphatic heterocycles. The van der Waals surface area contributed by atoms with Crippen LogP contribution in [0.2, 0.25) is 0 Å². The van der Waals surface area contributed by atoms with Gasteiger partial charge in [-0.05, 0) is 43.2 Å². The van der Waals surface area contributed by atoms with E-state index in [1.807, 2.05) is 0 Å². The fraction of sp³-hybridized carbons (Fsp3) is 0.263. The second kappa shape index (κ2) is 8.16. The van der Waals surface area contributed by atoms with Crippen molar-refractivity contribution in [3.8, 4) is 0 Å². The van der Waals surface area contributed by atoms with Crippen LogP contribution in [0.4, 0.5) is 15.8 Å². The molecule has 6 heteroatoms. The Balaban J connectivity index is 1.47. The molecule has 0 bridgehead atoms. The van der Waals surface area contributed by atoms with Gasteiger partial charge in [0, 0.05) is 34.4 Å². The van der Waals surface area contributed by atoms with Crippen LogP contribution in [0.5, 0.6) is 0 Å². The predicted octanol–water partition coefficient (Wildman–Crippen LogP) is 4.30. The Labute approximate surface area is 150 Å². The van der Waals surface area contributed by atoms with Gasteiger partial charge >= 0.3 is 0 Å². The van der Waals surface area contributed by atoms with E-state index in [1.54, 1.807) is 42.5 Å². The topological polar surface area (TPSA) is 58.2 Å². The van der Waals surface area contributed by atoms with Crippen LogP contribution in [0.1, 0.15) is 19.3 Å². The van der Waals surface area contributed by atoms with Crippen LogP contribution in [0.3, 0.4) is 0 Å². The Kier molecular flexibility index (Phi) is 5.71. The highest BCUT2D eigenvalue weighted by Crippen LogP contribution is 2.30. The number of halogens is 1. The third-order valence-corrected chi connectivity index (χ3v) is 4.84. The number of hydrogen-bond donors (Lipinski definition) is 2. The summed E-state index contributed by atoms with van der Waals surface area (Å²) in [6.07, 6.45) is 2.17. The highest BCUT2D eigenvalue weighted by atomic mass is 32.2. The van der Waals surface area contributed by atoms with Crippen molar-refractivity contribution in [3.05, 3.63) is 54.3 Å². The van der Waals surface area contributed by atoms with Gasteiger partial charge in [0.05, 0.1) is 0 Å². The summed E-state index contributed by atoms with van der Waals surface area (Å²) in [5, 5.41) is 5.66. The lowest BCUT2D eigenvalue weighted by atomic mass is 10.2. The minimum absolute atomic E-state index is 0.0322. The van der Waals surface area contributed by atoms with Crippen molar-refractivity contribution in [2.45, 2.75) is 24.2 Å². The van der Waals surface area contributed by atoms with E-state index in [1.165, 1.54) is 17.8 Å². The lowest BCUT2D eigenvalue weighted by Crippen LogP contribution is -2.15. The lowest BCUT2D eigenvalue weighted by molar-refractivity contribution is -0.117. The number of nitrogens with one attached hydrogen (secondary N) is 2. The Morgan fingerprint density at radius 2 is 1.76 bits per heavy atom. The highest BCUT2D eigenvalue weighted by Gasteiger charge is 2.29. The molecular weight excluding hydrogens is 339 g/mol. The quantitative estimate of drug-likeness (QED) is 0.726. The molecule has 2 aromatic carbocycles. The van der Waals surface area contributed by atoms with Crippen molar-refractivity contribution in [2.24, 2.45) is 5.92 Å². The van der Waals surface area contributed by atoms with E-state index in [2.05, 4.69) is 10.6 Å². The zero-order chi connectivity index (χ0) is 17.6. The molecule has 0 saturated heterocycles. The van der Waals surface area contributed by atoms with E-state index >= 15 is 0 Å². The van der Waals surface area contributed by atoms with Gasteiger partial charge in [0.25, 0.3) is 0 Å². The average Bonchev–Trinajstić information content (AvgIpc) is 3.42. The summed E-state index contributed by atoms with van der Waals surface area (Å²) in [6, 6.07) is 13.6. The molecule has 1 fully saturated rings. The standard InChI is InChI=1S/C19H19FN2O2S/c20-16-6-1-2-7-17(16)25-11-10-18(23)21-14-4-3-5-15(12-14)22-19(24)13-8-9-13/h1-7,12-13H,8-11H2,(H,21,23)(H,22,24). The number of thioether (sulfide) groups is 1. The molecule has 0 radical (unpaired) electrons. The average molecular weight is 358 g/mol. The van der Waals surface area contributed by atoms with Gasteiger partial charge in [0.15, 0.2) is 0 Å². The van der Waals surface area contributed by atoms with E-state index in [4.69, 9.17) is 0 Å². The number of hydrogen-bond acceptors (Lipinski definition) is 3. The lowest BCUT2D eigenvalue weighted by Gasteiger charge is -2.09. The monoisotopic (exact) mass is 358 g/mol. The Morgan fingerprint density at radius 3 is 2.48 bits per heavy atom. The van der Waals surface area contributed by atoms with Crippen molar-refractivity contribution < 1.29 is 14.0 Å². The first-order valence-electron chi connectivity index (χ1n) is 8.20. The zero-order valence-electron chi connectivity index (χ0n) is 13.6. The molecule has 0 unspecified atom stereocenters. The number of benzene rings is 2. The summed E-state index contributed by atoms with van der Waals surface area (Å²) in [5.41, 5.74) is 1.31. The van der Waals surface area contributed by atoms with Gasteiger partial charge in [-0.25, -0.2) is 4.39 Å². The molecule has 1 aliphatic rings. The van der Waals surface area contributed by atoms with Crippen molar-refractivity contribution in [3.63, 3.8) is 0 Å². The summed E-state index contributed by atoms with van der Waals surface area (Å²) in [5.74, 6) is 0.241. The van der Waals surface area contributed by atoms with Gasteiger partial charge in [-0.3, -0.25) is 9.59 Å². The summed E-state index contributed by atoms with van der Waals surface area (Å²) < 4.78 is 13.5. The molecule has 4 nitrogen and oxygen atoms in total. The van der Waals surface area contributed by atoms with Crippen molar-refractivity contribution in [2.75, 3.05) is 16.4 Å². The van der Waals surface area contributed by atoms with Crippen LogP contribution in [-0.4, -0.2) is 17.6 Å². The van der Waals surface area contributed by atoms with Gasteiger partial charge < -0.3 is 10.6 Å². The third-order valence-electron chi connectivity index (χ3n) is 3.79. The molecule has 0 heterocycles. The zero-order valence-corrected chi connectivity index (χ0v) is 14.4. The molecule has 1 saturated carbocycles. The van der Waals surface area contributed by atoms with Crippen LogP contribution in [-0.2, 0) is 9.59 Å². The van der Waals surface area contributed by atoms with E-state index in [-0.39, 0.29) is 30.0 Å². The fourth-order valence-electron chi connectivity index (χ4n) is 2.30. The fourth-order valence-corrected chi connectivity index (χ4v) is 3.19. The molecule has 2 aromatic rings. The molecule has 2 N–H and O–H groups in total. The van der Waals surface area contributed by atoms with E-state index in [9.17, 15) is 14.0 Å². The number of rotatable bonds is 7. The maximum atomic E-state index is 13.5. The van der Waals surface area contributed by atoms with Crippen LogP contribution >= 0.6 is 11.8 Å². The highest BCUT2D eigenvalue weighted by molar-refractivity contribution is 7.99. The van der Waals surface area contributed by atoms with Crippen molar-refractivity contribution in [1.29, 1.82) is 0 Å². The van der Waals surface area contributed by atoms with Gasteiger partial charge in [-0.15, -0.1) is 11.8 Å². The maximum absolute atomic E-state index is 13.5. The largest absolute Gasteiger partial charge is 0.326 e. The van der Waals surface area contributed by atoms with Gasteiger partial charge in [-0.2, -0.15) is 0 Å². The summed E-state index contributed by atoms with van der Waals surface area (Å²) in [6.45, 7) is 0. The van der Waals surface area contributed by atoms with Crippen LogP contribution < -0.4 is 10.6 Å². The van der Waals surface area contributed by atoms with Gasteiger partial charge in [-0.1, -0.05) is 18.2 Å². The molecule has 3 rings (SSSR count). The number of carbonyl (C=O) groups is 2. The van der Waals surface area contributed by atoms with E-state index in [0.29, 0.717) is 22.0 Å². The third kappa shape index (κ3) is 5.32. The van der Waals surface area contributed by atoms with Crippen molar-refractivity contribution in [1.82, 2.24) is 0 Å². The minimum atomic E-state index is -0.271. The normalized spacial score (nSPS) is 13.3. The van der Waals surface area contributed by atoms with Gasteiger partial charge in [0.2, 0.25) is 11.8 Å². The molecule has 0 aromatic heterocycles. The van der Waals surface area contributed by atoms with Crippen LogP contribution in [0.25, 0.3) is 0 Å². The first-order chi connectivity index (χ1) is 12.1. The molecular formula is C19H19FN2O2S. The molecule has 0 atom stereocenters. The molecule has 0 spiro atoms. The first kappa shape index (κ1) is 17.5. The van der Waals surface area contributed by atoms with Crippen LogP contribution in [0.15, 0.2) is 53.4 Å². The predicted molar refractivity (Wildman–Crippen MR) is 98.2 cm³/mol. The second-order valence-electron chi connectivity index (χ2n) is 5.92. The summed E-state index contributed by atoms with van der Waals surface area (Å²) >= 11 is 1.31. The van der Waals surface area contributed by atoms with E-state index < -0.39 is 0 Å². The van der Waals surface area contributed by atoms with Crippen LogP contribution in [0, 0.1) is 11.7 Å². The summed E-state index contributed by atoms with van der Waals surface area (Å²) in [7, 11) is 0. The van der Waals surface area contributed by atoms with E-state index in [0.717, 1.165) is 12.8 Å². The first-order valence-corrected chi connectivity index (χ1v) is 9.18. The Morgan fingerprint density at radius 1 is 1.04 bits per heavy atom. The Hall–Kier alpha value is -2.34. The SMILES string of the molecule is O=C(CCSc1ccccc1F)Nc1cccc(NC(=O)C2CC2)c1. The van der Waals surface area contributed by atoms with Crippen molar-refractivity contribution >= 4 is 35.0 Å². The molecule has 25 heavy (non-hydrogen) atoms. The molecule has 1 aliphatic carbocycles. The minimum Gasteiger partial charge on any atom is -0.326 e. The number of amides is 2. The van der Waals surface area contributed by atoms with Gasteiger partial charge in [0.1, 0.15) is 5.82 Å².